The Labute approximate surface area is 80.7 Å². The fourth-order valence-electron chi connectivity index (χ4n) is 1.82. The molecule has 1 saturated heterocycles. The van der Waals surface area contributed by atoms with Crippen molar-refractivity contribution in [2.75, 3.05) is 0 Å². The van der Waals surface area contributed by atoms with Crippen LogP contribution in [0.5, 0.6) is 0 Å². The number of carbonyl (C=O) groups excluding carboxylic acids is 2. The van der Waals surface area contributed by atoms with Crippen LogP contribution in [0.4, 0.5) is 4.79 Å². The van der Waals surface area contributed by atoms with E-state index < -0.39 is 18.0 Å². The van der Waals surface area contributed by atoms with Gasteiger partial charge in [0.1, 0.15) is 6.04 Å². The molecule has 1 unspecified atom stereocenters. The van der Waals surface area contributed by atoms with E-state index in [-0.39, 0.29) is 12.2 Å². The second-order valence-electron chi connectivity index (χ2n) is 3.88. The van der Waals surface area contributed by atoms with Gasteiger partial charge in [0.15, 0.2) is 5.78 Å². The second kappa shape index (κ2) is 3.08. The van der Waals surface area contributed by atoms with Crippen LogP contribution in [-0.2, 0) is 9.59 Å². The summed E-state index contributed by atoms with van der Waals surface area (Å²) in [6.45, 7) is 0. The molecule has 1 heterocycles. The first kappa shape index (κ1) is 9.18. The topological polar surface area (TPSA) is 74.7 Å². The van der Waals surface area contributed by atoms with Crippen LogP contribution in [0.1, 0.15) is 25.7 Å². The number of amides is 2. The van der Waals surface area contributed by atoms with Crippen LogP contribution in [0.25, 0.3) is 0 Å². The highest BCUT2D eigenvalue weighted by Crippen LogP contribution is 2.36. The zero-order chi connectivity index (χ0) is 10.3. The lowest BCUT2D eigenvalue weighted by atomic mass is 10.1. The average molecular weight is 197 g/mol. The molecule has 0 bridgehead atoms. The molecule has 0 aromatic carbocycles. The summed E-state index contributed by atoms with van der Waals surface area (Å²) in [7, 11) is 0. The molecule has 0 spiro atoms. The van der Waals surface area contributed by atoms with Gasteiger partial charge < -0.3 is 5.11 Å². The number of imide groups is 1. The monoisotopic (exact) mass is 197 g/mol. The summed E-state index contributed by atoms with van der Waals surface area (Å²) in [6.07, 6.45) is 1.07. The first-order valence-electron chi connectivity index (χ1n) is 4.67. The summed E-state index contributed by atoms with van der Waals surface area (Å²) in [5.74, 6) is -0.380. The Morgan fingerprint density at radius 2 is 2.07 bits per heavy atom. The zero-order valence-corrected chi connectivity index (χ0v) is 7.60. The van der Waals surface area contributed by atoms with Crippen molar-refractivity contribution in [1.29, 1.82) is 0 Å². The molecule has 0 aromatic heterocycles. The van der Waals surface area contributed by atoms with Gasteiger partial charge in [-0.05, 0) is 12.3 Å². The van der Waals surface area contributed by atoms with E-state index in [1.165, 1.54) is 0 Å². The second-order valence-corrected chi connectivity index (χ2v) is 3.88. The molecule has 0 radical (unpaired) electrons. The van der Waals surface area contributed by atoms with E-state index in [4.69, 9.17) is 5.11 Å². The molecule has 1 saturated carbocycles. The Kier molecular flexibility index (Phi) is 2.02. The Morgan fingerprint density at radius 3 is 2.57 bits per heavy atom. The molecule has 2 rings (SSSR count). The van der Waals surface area contributed by atoms with Crippen molar-refractivity contribution in [2.45, 2.75) is 31.7 Å². The van der Waals surface area contributed by atoms with Gasteiger partial charge in [0.05, 0.1) is 6.42 Å². The average Bonchev–Trinajstić information content (AvgIpc) is 2.80. The normalized spacial score (nSPS) is 27.1. The predicted octanol–water partition coefficient (Wildman–Crippen LogP) is 0.635. The minimum absolute atomic E-state index is 0.246. The van der Waals surface area contributed by atoms with Gasteiger partial charge in [-0.3, -0.25) is 9.59 Å². The lowest BCUT2D eigenvalue weighted by Crippen LogP contribution is -2.39. The maximum absolute atomic E-state index is 11.3. The molecule has 5 nitrogen and oxygen atoms in total. The van der Waals surface area contributed by atoms with E-state index in [1.54, 1.807) is 0 Å². The van der Waals surface area contributed by atoms with Gasteiger partial charge in [0.25, 0.3) is 0 Å². The van der Waals surface area contributed by atoms with E-state index in [9.17, 15) is 14.4 Å². The minimum atomic E-state index is -1.30. The van der Waals surface area contributed by atoms with Gasteiger partial charge in [-0.2, -0.15) is 0 Å². The Balaban J connectivity index is 2.12. The fraction of sp³-hybridized carbons (Fsp3) is 0.667. The Hall–Kier alpha value is -1.39. The van der Waals surface area contributed by atoms with E-state index in [1.807, 2.05) is 0 Å². The lowest BCUT2D eigenvalue weighted by molar-refractivity contribution is -0.126. The van der Waals surface area contributed by atoms with Crippen LogP contribution in [-0.4, -0.2) is 33.8 Å². The molecule has 1 atom stereocenters. The number of carboxylic acid groups (broad SMARTS) is 1. The summed E-state index contributed by atoms with van der Waals surface area (Å²) in [5.41, 5.74) is 0. The molecule has 2 amide bonds. The Morgan fingerprint density at radius 1 is 1.43 bits per heavy atom. The van der Waals surface area contributed by atoms with Crippen molar-refractivity contribution in [3.8, 4) is 0 Å². The van der Waals surface area contributed by atoms with Crippen molar-refractivity contribution in [3.05, 3.63) is 0 Å². The summed E-state index contributed by atoms with van der Waals surface area (Å²) in [6, 6.07) is -0.701. The number of likely N-dealkylation sites (tertiary alicyclic amines) is 1. The van der Waals surface area contributed by atoms with Gasteiger partial charge in [-0.25, -0.2) is 9.69 Å². The highest BCUT2D eigenvalue weighted by molar-refractivity contribution is 6.13. The molecule has 2 aliphatic rings. The van der Waals surface area contributed by atoms with Crippen molar-refractivity contribution in [1.82, 2.24) is 4.90 Å². The smallest absolute Gasteiger partial charge is 0.414 e. The standard InChI is InChI=1S/C9H11NO4/c11-7-4-8(12)10(9(13)14)6(7)3-5-1-2-5/h5-6H,1-4H2,(H,13,14). The molecular weight excluding hydrogens is 186 g/mol. The quantitative estimate of drug-likeness (QED) is 0.659. The number of rotatable bonds is 2. The number of hydrogen-bond donors (Lipinski definition) is 1. The third-order valence-electron chi connectivity index (χ3n) is 2.74. The third kappa shape index (κ3) is 1.49. The number of Topliss-reactive ketones (excluding diaryl/α,β-unsaturated/α-hetero) is 1. The van der Waals surface area contributed by atoms with Crippen LogP contribution in [0.15, 0.2) is 0 Å². The summed E-state index contributed by atoms with van der Waals surface area (Å²) < 4.78 is 0. The molecule has 2 fully saturated rings. The molecule has 5 heteroatoms. The molecule has 14 heavy (non-hydrogen) atoms. The zero-order valence-electron chi connectivity index (χ0n) is 7.60. The maximum atomic E-state index is 11.3. The number of hydrogen-bond acceptors (Lipinski definition) is 3. The SMILES string of the molecule is O=C1CC(=O)N(C(=O)O)C1CC1CC1. The molecule has 76 valence electrons. The minimum Gasteiger partial charge on any atom is -0.465 e. The molecule has 0 aromatic rings. The van der Waals surface area contributed by atoms with Crippen molar-refractivity contribution >= 4 is 17.8 Å². The van der Waals surface area contributed by atoms with Gasteiger partial charge in [-0.15, -0.1) is 0 Å². The van der Waals surface area contributed by atoms with E-state index in [2.05, 4.69) is 0 Å². The highest BCUT2D eigenvalue weighted by Gasteiger charge is 2.44. The summed E-state index contributed by atoms with van der Waals surface area (Å²) >= 11 is 0. The molecule has 1 N–H and O–H groups in total. The Bertz CT molecular complexity index is 308. The van der Waals surface area contributed by atoms with E-state index in [0.29, 0.717) is 17.2 Å². The third-order valence-corrected chi connectivity index (χ3v) is 2.74. The number of ketones is 1. The lowest BCUT2D eigenvalue weighted by Gasteiger charge is -2.17. The fourth-order valence-corrected chi connectivity index (χ4v) is 1.82. The van der Waals surface area contributed by atoms with E-state index in [0.717, 1.165) is 12.8 Å². The first-order valence-corrected chi connectivity index (χ1v) is 4.67. The van der Waals surface area contributed by atoms with Crippen LogP contribution in [0, 0.1) is 5.92 Å². The van der Waals surface area contributed by atoms with Crippen LogP contribution in [0.2, 0.25) is 0 Å². The van der Waals surface area contributed by atoms with E-state index >= 15 is 0 Å². The largest absolute Gasteiger partial charge is 0.465 e. The first-order chi connectivity index (χ1) is 6.59. The van der Waals surface area contributed by atoms with Crippen molar-refractivity contribution in [2.24, 2.45) is 5.92 Å². The number of carbonyl (C=O) groups is 3. The number of nitrogens with zero attached hydrogens (tertiary/aromatic N) is 1. The van der Waals surface area contributed by atoms with Gasteiger partial charge >= 0.3 is 6.09 Å². The van der Waals surface area contributed by atoms with Gasteiger partial charge in [-0.1, -0.05) is 12.8 Å². The summed E-state index contributed by atoms with van der Waals surface area (Å²) in [5, 5.41) is 8.76. The molecular formula is C9H11NO4. The summed E-state index contributed by atoms with van der Waals surface area (Å²) in [4.78, 5) is 33.9. The van der Waals surface area contributed by atoms with Crippen LogP contribution >= 0.6 is 0 Å². The highest BCUT2D eigenvalue weighted by atomic mass is 16.4. The van der Waals surface area contributed by atoms with Gasteiger partial charge in [0.2, 0.25) is 5.91 Å². The van der Waals surface area contributed by atoms with Crippen molar-refractivity contribution < 1.29 is 19.5 Å². The van der Waals surface area contributed by atoms with Gasteiger partial charge in [0, 0.05) is 0 Å². The predicted molar refractivity (Wildman–Crippen MR) is 45.6 cm³/mol. The van der Waals surface area contributed by atoms with Crippen LogP contribution < -0.4 is 0 Å². The van der Waals surface area contributed by atoms with Crippen LogP contribution in [0.3, 0.4) is 0 Å². The molecule has 1 aliphatic carbocycles. The van der Waals surface area contributed by atoms with Crippen molar-refractivity contribution in [3.63, 3.8) is 0 Å². The maximum Gasteiger partial charge on any atom is 0.414 e. The molecule has 1 aliphatic heterocycles.